The fourth-order valence-electron chi connectivity index (χ4n) is 6.05. The maximum absolute atomic E-state index is 12.8. The van der Waals surface area contributed by atoms with Crippen LogP contribution in [0.1, 0.15) is 32.3 Å². The molecular formula is C19H24O6S. The smallest absolute Gasteiger partial charge is 0.297 e. The van der Waals surface area contributed by atoms with E-state index >= 15 is 0 Å². The van der Waals surface area contributed by atoms with Gasteiger partial charge < -0.3 is 14.6 Å². The van der Waals surface area contributed by atoms with Gasteiger partial charge in [0.1, 0.15) is 6.10 Å². The molecule has 3 aliphatic carbocycles. The summed E-state index contributed by atoms with van der Waals surface area (Å²) in [6.45, 7) is 5.42. The molecule has 1 aromatic rings. The van der Waals surface area contributed by atoms with Gasteiger partial charge in [-0.3, -0.25) is 4.18 Å². The number of hydrogen-bond acceptors (Lipinski definition) is 6. The number of benzene rings is 1. The zero-order chi connectivity index (χ0) is 18.5. The van der Waals surface area contributed by atoms with E-state index < -0.39 is 27.8 Å². The largest absolute Gasteiger partial charge is 0.365 e. The molecule has 2 aliphatic heterocycles. The molecule has 6 nitrogen and oxygen atoms in total. The van der Waals surface area contributed by atoms with E-state index in [9.17, 15) is 13.5 Å². The van der Waals surface area contributed by atoms with Gasteiger partial charge in [-0.2, -0.15) is 8.42 Å². The summed E-state index contributed by atoms with van der Waals surface area (Å²) >= 11 is 0. The van der Waals surface area contributed by atoms with Crippen molar-refractivity contribution < 1.29 is 27.2 Å². The third-order valence-electron chi connectivity index (χ3n) is 6.86. The molecule has 6 rings (SSSR count). The minimum Gasteiger partial charge on any atom is -0.365 e. The molecule has 0 spiro atoms. The molecule has 5 fully saturated rings. The van der Waals surface area contributed by atoms with Crippen LogP contribution in [-0.4, -0.2) is 37.3 Å². The average molecular weight is 380 g/mol. The normalized spacial score (nSPS) is 48.9. The first-order valence-electron chi connectivity index (χ1n) is 9.23. The second-order valence-corrected chi connectivity index (χ2v) is 10.1. The summed E-state index contributed by atoms with van der Waals surface area (Å²) in [5, 5.41) is 10.8. The molecule has 2 heterocycles. The van der Waals surface area contributed by atoms with E-state index in [4.69, 9.17) is 13.7 Å². The zero-order valence-corrected chi connectivity index (χ0v) is 15.9. The van der Waals surface area contributed by atoms with E-state index in [2.05, 4.69) is 0 Å². The monoisotopic (exact) mass is 380 g/mol. The highest BCUT2D eigenvalue weighted by atomic mass is 32.2. The van der Waals surface area contributed by atoms with Crippen molar-refractivity contribution in [2.45, 2.75) is 62.3 Å². The van der Waals surface area contributed by atoms with Crippen molar-refractivity contribution in [3.05, 3.63) is 29.8 Å². The summed E-state index contributed by atoms with van der Waals surface area (Å²) in [5.74, 6) is -2.24. The van der Waals surface area contributed by atoms with E-state index in [1.54, 1.807) is 31.2 Å². The number of hydrogen-bond donors (Lipinski definition) is 1. The molecule has 1 N–H and O–H groups in total. The summed E-state index contributed by atoms with van der Waals surface area (Å²) in [6, 6.07) is 6.65. The molecule has 5 aliphatic rings. The molecule has 4 bridgehead atoms. The fourth-order valence-corrected chi connectivity index (χ4v) is 7.18. The molecule has 2 saturated heterocycles. The molecule has 7 heteroatoms. The van der Waals surface area contributed by atoms with Crippen molar-refractivity contribution in [1.82, 2.24) is 0 Å². The van der Waals surface area contributed by atoms with E-state index in [0.29, 0.717) is 0 Å². The Kier molecular flexibility index (Phi) is 3.35. The van der Waals surface area contributed by atoms with E-state index in [-0.39, 0.29) is 34.7 Å². The van der Waals surface area contributed by atoms with Crippen LogP contribution in [0.25, 0.3) is 0 Å². The number of aryl methyl sites for hydroxylation is 1. The van der Waals surface area contributed by atoms with Crippen molar-refractivity contribution >= 4 is 10.1 Å². The lowest BCUT2D eigenvalue weighted by atomic mass is 9.55. The van der Waals surface area contributed by atoms with Crippen LogP contribution >= 0.6 is 0 Å². The van der Waals surface area contributed by atoms with E-state index in [0.717, 1.165) is 18.4 Å². The Bertz CT molecular complexity index is 847. The standard InChI is InChI=1S/C19H24O6S/c1-10-4-6-11(7-5-10)26(21,22)24-17-12-8-9-13-15-14(12)18(2,20)25-19(15,3)23-16(13)17/h4-7,12-17,20H,8-9H2,1-3H3/t12-,13+,14-,15+,16-,17-,18-,19-/m0/s1. The molecule has 1 aromatic carbocycles. The van der Waals surface area contributed by atoms with Gasteiger partial charge in [-0.25, -0.2) is 0 Å². The van der Waals surface area contributed by atoms with Crippen LogP contribution < -0.4 is 0 Å². The van der Waals surface area contributed by atoms with Gasteiger partial charge in [0.2, 0.25) is 0 Å². The zero-order valence-electron chi connectivity index (χ0n) is 15.1. The minimum atomic E-state index is -3.90. The first kappa shape index (κ1) is 17.1. The maximum Gasteiger partial charge on any atom is 0.297 e. The number of rotatable bonds is 3. The van der Waals surface area contributed by atoms with Gasteiger partial charge in [-0.05, 0) is 57.6 Å². The van der Waals surface area contributed by atoms with Gasteiger partial charge in [-0.1, -0.05) is 17.7 Å². The Hall–Kier alpha value is -0.990. The number of fused-ring (bicyclic) bond motifs is 1. The molecule has 0 unspecified atom stereocenters. The molecule has 142 valence electrons. The highest BCUT2D eigenvalue weighted by Crippen LogP contribution is 2.68. The quantitative estimate of drug-likeness (QED) is 0.810. The predicted molar refractivity (Wildman–Crippen MR) is 91.4 cm³/mol. The Morgan fingerprint density at radius 1 is 1.12 bits per heavy atom. The van der Waals surface area contributed by atoms with Crippen molar-refractivity contribution in [2.75, 3.05) is 0 Å². The van der Waals surface area contributed by atoms with E-state index in [1.807, 2.05) is 13.8 Å². The molecule has 0 radical (unpaired) electrons. The summed E-state index contributed by atoms with van der Waals surface area (Å²) in [4.78, 5) is 0.151. The molecule has 26 heavy (non-hydrogen) atoms. The van der Waals surface area contributed by atoms with Gasteiger partial charge >= 0.3 is 0 Å². The van der Waals surface area contributed by atoms with Gasteiger partial charge in [-0.15, -0.1) is 0 Å². The van der Waals surface area contributed by atoms with Gasteiger partial charge in [0.05, 0.1) is 11.0 Å². The van der Waals surface area contributed by atoms with Crippen LogP contribution in [0.2, 0.25) is 0 Å². The van der Waals surface area contributed by atoms with Crippen LogP contribution in [0.15, 0.2) is 29.2 Å². The van der Waals surface area contributed by atoms with Crippen molar-refractivity contribution in [3.63, 3.8) is 0 Å². The summed E-state index contributed by atoms with van der Waals surface area (Å²) in [6.07, 6.45) is 0.876. The number of aliphatic hydroxyl groups is 1. The van der Waals surface area contributed by atoms with Crippen LogP contribution in [0.4, 0.5) is 0 Å². The second-order valence-electron chi connectivity index (χ2n) is 8.54. The lowest BCUT2D eigenvalue weighted by Gasteiger charge is -2.51. The van der Waals surface area contributed by atoms with Crippen LogP contribution in [-0.2, 0) is 23.8 Å². The van der Waals surface area contributed by atoms with Crippen LogP contribution in [0, 0.1) is 30.6 Å². The minimum absolute atomic E-state index is 0.0863. The first-order chi connectivity index (χ1) is 12.1. The second kappa shape index (κ2) is 5.08. The Morgan fingerprint density at radius 2 is 1.77 bits per heavy atom. The van der Waals surface area contributed by atoms with E-state index in [1.165, 1.54) is 0 Å². The fraction of sp³-hybridized carbons (Fsp3) is 0.684. The van der Waals surface area contributed by atoms with Gasteiger partial charge in [0.15, 0.2) is 11.6 Å². The SMILES string of the molecule is Cc1ccc(S(=O)(=O)O[C@H]2[C@H]3CC[C@H]4[C@@H]2O[C@@]2(C)O[C@](C)(O)[C@@H]3[C@@H]42)cc1. The lowest BCUT2D eigenvalue weighted by molar-refractivity contribution is -0.324. The Morgan fingerprint density at radius 3 is 2.46 bits per heavy atom. The topological polar surface area (TPSA) is 82.1 Å². The average Bonchev–Trinajstić information content (AvgIpc) is 2.93. The number of ether oxygens (including phenoxy) is 2. The predicted octanol–water partition coefficient (Wildman–Crippen LogP) is 2.19. The van der Waals surface area contributed by atoms with Crippen molar-refractivity contribution in [1.29, 1.82) is 0 Å². The van der Waals surface area contributed by atoms with Crippen LogP contribution in [0.3, 0.4) is 0 Å². The molecule has 3 saturated carbocycles. The highest BCUT2D eigenvalue weighted by Gasteiger charge is 2.76. The van der Waals surface area contributed by atoms with Crippen molar-refractivity contribution in [3.8, 4) is 0 Å². The third-order valence-corrected chi connectivity index (χ3v) is 8.19. The molecule has 0 amide bonds. The first-order valence-corrected chi connectivity index (χ1v) is 10.6. The van der Waals surface area contributed by atoms with Gasteiger partial charge in [0.25, 0.3) is 10.1 Å². The highest BCUT2D eigenvalue weighted by molar-refractivity contribution is 7.86. The molecule has 8 atom stereocenters. The summed E-state index contributed by atoms with van der Waals surface area (Å²) in [5.41, 5.74) is 0.987. The van der Waals surface area contributed by atoms with Gasteiger partial charge in [0, 0.05) is 11.8 Å². The molecule has 0 aromatic heterocycles. The maximum atomic E-state index is 12.8. The Balaban J connectivity index is 1.51. The lowest BCUT2D eigenvalue weighted by Crippen LogP contribution is -2.58. The Labute approximate surface area is 153 Å². The van der Waals surface area contributed by atoms with Crippen LogP contribution in [0.5, 0.6) is 0 Å². The summed E-state index contributed by atoms with van der Waals surface area (Å²) in [7, 11) is -3.90. The molecular weight excluding hydrogens is 356 g/mol. The van der Waals surface area contributed by atoms with Crippen molar-refractivity contribution in [2.24, 2.45) is 23.7 Å². The third kappa shape index (κ3) is 2.15. The summed E-state index contributed by atoms with van der Waals surface area (Å²) < 4.78 is 43.5.